The zero-order valence-corrected chi connectivity index (χ0v) is 15.3. The summed E-state index contributed by atoms with van der Waals surface area (Å²) in [6.07, 6.45) is 2.35. The van der Waals surface area contributed by atoms with Crippen molar-refractivity contribution in [1.82, 2.24) is 10.6 Å². The van der Waals surface area contributed by atoms with Gasteiger partial charge in [-0.1, -0.05) is 42.5 Å². The van der Waals surface area contributed by atoms with Crippen molar-refractivity contribution < 1.29 is 4.74 Å². The molecule has 1 aliphatic carbocycles. The third kappa shape index (κ3) is 3.95. The number of ether oxygens (including phenoxy) is 1. The van der Waals surface area contributed by atoms with Crippen LogP contribution < -0.4 is 15.4 Å². The average molecular weight is 337 g/mol. The predicted molar refractivity (Wildman–Crippen MR) is 103 cm³/mol. The lowest BCUT2D eigenvalue weighted by Gasteiger charge is -2.21. The van der Waals surface area contributed by atoms with Crippen LogP contribution in [0, 0.1) is 6.92 Å². The number of nitrogens with zero attached hydrogens (tertiary/aromatic N) is 1. The van der Waals surface area contributed by atoms with Crippen LogP contribution in [0.5, 0.6) is 5.75 Å². The van der Waals surface area contributed by atoms with Gasteiger partial charge in [0, 0.05) is 31.1 Å². The summed E-state index contributed by atoms with van der Waals surface area (Å²) in [4.78, 5) is 4.36. The molecule has 0 aromatic heterocycles. The minimum absolute atomic E-state index is 0.160. The second-order valence-corrected chi connectivity index (χ2v) is 6.69. The Labute approximate surface area is 150 Å². The van der Waals surface area contributed by atoms with E-state index < -0.39 is 0 Å². The number of hydrogen-bond acceptors (Lipinski definition) is 2. The van der Waals surface area contributed by atoms with E-state index in [2.05, 4.69) is 58.9 Å². The van der Waals surface area contributed by atoms with Gasteiger partial charge >= 0.3 is 0 Å². The van der Waals surface area contributed by atoms with Gasteiger partial charge in [0.25, 0.3) is 0 Å². The van der Waals surface area contributed by atoms with Crippen LogP contribution in [0.2, 0.25) is 0 Å². The van der Waals surface area contributed by atoms with E-state index in [0.717, 1.165) is 24.8 Å². The molecule has 1 fully saturated rings. The highest BCUT2D eigenvalue weighted by atomic mass is 16.5. The number of hydrogen-bond donors (Lipinski definition) is 2. The van der Waals surface area contributed by atoms with Crippen LogP contribution in [0.15, 0.2) is 53.5 Å². The first-order valence-electron chi connectivity index (χ1n) is 8.81. The number of aliphatic imine (C=N–C) groups is 1. The summed E-state index contributed by atoms with van der Waals surface area (Å²) in [7, 11) is 3.56. The summed E-state index contributed by atoms with van der Waals surface area (Å²) in [5.41, 5.74) is 4.03. The second-order valence-electron chi connectivity index (χ2n) is 6.69. The summed E-state index contributed by atoms with van der Waals surface area (Å²) in [6, 6.07) is 16.7. The first-order valence-corrected chi connectivity index (χ1v) is 8.81. The number of benzene rings is 2. The molecule has 2 aromatic carbocycles. The van der Waals surface area contributed by atoms with E-state index >= 15 is 0 Å². The number of guanidine groups is 1. The Bertz CT molecular complexity index is 750. The van der Waals surface area contributed by atoms with Gasteiger partial charge < -0.3 is 15.4 Å². The van der Waals surface area contributed by atoms with Gasteiger partial charge in [-0.15, -0.1) is 0 Å². The van der Waals surface area contributed by atoms with Crippen molar-refractivity contribution in [3.05, 3.63) is 65.2 Å². The van der Waals surface area contributed by atoms with Gasteiger partial charge in [0.2, 0.25) is 0 Å². The molecule has 2 aromatic rings. The summed E-state index contributed by atoms with van der Waals surface area (Å²) >= 11 is 0. The molecule has 4 heteroatoms. The number of methoxy groups -OCH3 is 1. The fourth-order valence-electron chi connectivity index (χ4n) is 3.24. The van der Waals surface area contributed by atoms with Crippen LogP contribution in [0.4, 0.5) is 0 Å². The van der Waals surface area contributed by atoms with Crippen molar-refractivity contribution in [3.63, 3.8) is 0 Å². The molecule has 0 aliphatic heterocycles. The molecule has 1 aliphatic rings. The molecule has 2 N–H and O–H groups in total. The standard InChI is InChI=1S/C21H27N3O/c1-16-8-4-5-9-17(16)14-23-20(22-2)24-15-21(12-13-21)18-10-6-7-11-19(18)25-3/h4-11H,12-15H2,1-3H3,(H2,22,23,24). The molecule has 0 radical (unpaired) electrons. The SMILES string of the molecule is CN=C(NCc1ccccc1C)NCC1(c2ccccc2OC)CC1. The monoisotopic (exact) mass is 337 g/mol. The lowest BCUT2D eigenvalue weighted by molar-refractivity contribution is 0.403. The predicted octanol–water partition coefficient (Wildman–Crippen LogP) is 3.40. The van der Waals surface area contributed by atoms with Crippen molar-refractivity contribution >= 4 is 5.96 Å². The van der Waals surface area contributed by atoms with Gasteiger partial charge in [-0.2, -0.15) is 0 Å². The minimum atomic E-state index is 0.160. The number of aryl methyl sites for hydroxylation is 1. The Morgan fingerprint density at radius 3 is 2.48 bits per heavy atom. The third-order valence-corrected chi connectivity index (χ3v) is 5.06. The molecular formula is C21H27N3O. The Balaban J connectivity index is 1.61. The highest BCUT2D eigenvalue weighted by Gasteiger charge is 2.46. The van der Waals surface area contributed by atoms with Gasteiger partial charge in [-0.25, -0.2) is 0 Å². The molecule has 132 valence electrons. The Morgan fingerprint density at radius 1 is 1.08 bits per heavy atom. The highest BCUT2D eigenvalue weighted by Crippen LogP contribution is 2.50. The Hall–Kier alpha value is -2.49. The normalized spacial score (nSPS) is 15.6. The second kappa shape index (κ2) is 7.60. The van der Waals surface area contributed by atoms with E-state index in [9.17, 15) is 0 Å². The van der Waals surface area contributed by atoms with Crippen LogP contribution in [0.3, 0.4) is 0 Å². The van der Waals surface area contributed by atoms with Gasteiger partial charge in [0.15, 0.2) is 5.96 Å². The summed E-state index contributed by atoms with van der Waals surface area (Å²) in [6.45, 7) is 3.77. The molecule has 3 rings (SSSR count). The Morgan fingerprint density at radius 2 is 1.80 bits per heavy atom. The molecule has 1 saturated carbocycles. The van der Waals surface area contributed by atoms with E-state index in [0.29, 0.717) is 0 Å². The van der Waals surface area contributed by atoms with Crippen LogP contribution in [-0.2, 0) is 12.0 Å². The smallest absolute Gasteiger partial charge is 0.191 e. The first kappa shape index (κ1) is 17.3. The lowest BCUT2D eigenvalue weighted by atomic mass is 9.95. The number of para-hydroxylation sites is 1. The van der Waals surface area contributed by atoms with Gasteiger partial charge in [-0.05, 0) is 37.0 Å². The molecule has 0 saturated heterocycles. The van der Waals surface area contributed by atoms with Crippen LogP contribution in [0.25, 0.3) is 0 Å². The molecule has 0 unspecified atom stereocenters. The lowest BCUT2D eigenvalue weighted by Crippen LogP contribution is -2.41. The number of nitrogens with one attached hydrogen (secondary N) is 2. The maximum absolute atomic E-state index is 5.55. The summed E-state index contributed by atoms with van der Waals surface area (Å²) in [5.74, 6) is 1.81. The van der Waals surface area contributed by atoms with Crippen LogP contribution >= 0.6 is 0 Å². The molecule has 0 bridgehead atoms. The molecule has 0 amide bonds. The topological polar surface area (TPSA) is 45.7 Å². The molecule has 4 nitrogen and oxygen atoms in total. The zero-order valence-electron chi connectivity index (χ0n) is 15.3. The fraction of sp³-hybridized carbons (Fsp3) is 0.381. The zero-order chi connectivity index (χ0) is 17.7. The van der Waals surface area contributed by atoms with Crippen molar-refractivity contribution in [1.29, 1.82) is 0 Å². The number of rotatable bonds is 6. The molecule has 0 heterocycles. The van der Waals surface area contributed by atoms with E-state index in [-0.39, 0.29) is 5.41 Å². The van der Waals surface area contributed by atoms with Crippen molar-refractivity contribution in [3.8, 4) is 5.75 Å². The maximum Gasteiger partial charge on any atom is 0.191 e. The fourth-order valence-corrected chi connectivity index (χ4v) is 3.24. The first-order chi connectivity index (χ1) is 12.2. The average Bonchev–Trinajstić information content (AvgIpc) is 3.44. The third-order valence-electron chi connectivity index (χ3n) is 5.06. The molecule has 25 heavy (non-hydrogen) atoms. The van der Waals surface area contributed by atoms with Crippen molar-refractivity contribution in [2.24, 2.45) is 4.99 Å². The summed E-state index contributed by atoms with van der Waals surface area (Å²) in [5, 5.41) is 6.91. The van der Waals surface area contributed by atoms with Crippen LogP contribution in [-0.4, -0.2) is 26.7 Å². The largest absolute Gasteiger partial charge is 0.496 e. The maximum atomic E-state index is 5.55. The van der Waals surface area contributed by atoms with E-state index in [1.807, 2.05) is 19.2 Å². The van der Waals surface area contributed by atoms with Gasteiger partial charge in [0.05, 0.1) is 7.11 Å². The highest BCUT2D eigenvalue weighted by molar-refractivity contribution is 5.79. The van der Waals surface area contributed by atoms with Crippen LogP contribution in [0.1, 0.15) is 29.5 Å². The van der Waals surface area contributed by atoms with E-state index in [1.54, 1.807) is 7.11 Å². The van der Waals surface area contributed by atoms with E-state index in [4.69, 9.17) is 4.74 Å². The van der Waals surface area contributed by atoms with Crippen molar-refractivity contribution in [2.75, 3.05) is 20.7 Å². The van der Waals surface area contributed by atoms with Gasteiger partial charge in [0.1, 0.15) is 5.75 Å². The molecule has 0 spiro atoms. The quantitative estimate of drug-likeness (QED) is 0.627. The Kier molecular flexibility index (Phi) is 5.27. The molecule has 0 atom stereocenters. The minimum Gasteiger partial charge on any atom is -0.496 e. The van der Waals surface area contributed by atoms with Crippen molar-refractivity contribution in [2.45, 2.75) is 31.7 Å². The van der Waals surface area contributed by atoms with E-state index in [1.165, 1.54) is 29.5 Å². The summed E-state index contributed by atoms with van der Waals surface area (Å²) < 4.78 is 5.55. The van der Waals surface area contributed by atoms with Gasteiger partial charge in [-0.3, -0.25) is 4.99 Å². The molecular weight excluding hydrogens is 310 g/mol.